The highest BCUT2D eigenvalue weighted by atomic mass is 32.1. The van der Waals surface area contributed by atoms with Crippen LogP contribution in [0.5, 0.6) is 0 Å². The van der Waals surface area contributed by atoms with Gasteiger partial charge in [-0.15, -0.1) is 11.3 Å². The molecule has 0 aliphatic carbocycles. The van der Waals surface area contributed by atoms with Crippen LogP contribution < -0.4 is 5.32 Å². The van der Waals surface area contributed by atoms with Gasteiger partial charge >= 0.3 is 5.97 Å². The summed E-state index contributed by atoms with van der Waals surface area (Å²) in [5, 5.41) is 12.1. The number of rotatable bonds is 4. The van der Waals surface area contributed by atoms with Gasteiger partial charge in [0, 0.05) is 16.0 Å². The molecular formula is C13H15N3O2S. The van der Waals surface area contributed by atoms with Crippen LogP contribution in [0.1, 0.15) is 38.8 Å². The van der Waals surface area contributed by atoms with E-state index in [1.165, 1.54) is 16.0 Å². The SMILES string of the molecule is Cc1ccc(C(C)Nc2ncc(C(=O)O)c(C)n2)s1. The molecule has 0 radical (unpaired) electrons. The van der Waals surface area contributed by atoms with Crippen molar-refractivity contribution in [2.24, 2.45) is 0 Å². The first-order valence-corrected chi connectivity index (χ1v) is 6.69. The third-order valence-electron chi connectivity index (χ3n) is 2.74. The maximum absolute atomic E-state index is 10.9. The quantitative estimate of drug-likeness (QED) is 0.898. The van der Waals surface area contributed by atoms with E-state index in [-0.39, 0.29) is 11.6 Å². The van der Waals surface area contributed by atoms with Gasteiger partial charge in [0.2, 0.25) is 5.95 Å². The van der Waals surface area contributed by atoms with Crippen LogP contribution in [0, 0.1) is 13.8 Å². The van der Waals surface area contributed by atoms with Gasteiger partial charge in [-0.2, -0.15) is 0 Å². The molecule has 19 heavy (non-hydrogen) atoms. The largest absolute Gasteiger partial charge is 0.478 e. The Hall–Kier alpha value is -1.95. The van der Waals surface area contributed by atoms with Gasteiger partial charge in [-0.05, 0) is 32.9 Å². The van der Waals surface area contributed by atoms with E-state index in [0.717, 1.165) is 0 Å². The molecular weight excluding hydrogens is 262 g/mol. The van der Waals surface area contributed by atoms with E-state index >= 15 is 0 Å². The average Bonchev–Trinajstić information content (AvgIpc) is 2.75. The second-order valence-electron chi connectivity index (χ2n) is 4.31. The van der Waals surface area contributed by atoms with E-state index < -0.39 is 5.97 Å². The molecule has 2 N–H and O–H groups in total. The first-order valence-electron chi connectivity index (χ1n) is 5.87. The minimum Gasteiger partial charge on any atom is -0.478 e. The summed E-state index contributed by atoms with van der Waals surface area (Å²) in [5.74, 6) is -0.563. The fourth-order valence-electron chi connectivity index (χ4n) is 1.70. The molecule has 0 aromatic carbocycles. The molecule has 100 valence electrons. The maximum atomic E-state index is 10.9. The number of carboxylic acids is 1. The zero-order valence-electron chi connectivity index (χ0n) is 11.0. The van der Waals surface area contributed by atoms with E-state index in [2.05, 4.69) is 34.3 Å². The van der Waals surface area contributed by atoms with Crippen LogP contribution in [0.15, 0.2) is 18.3 Å². The highest BCUT2D eigenvalue weighted by Crippen LogP contribution is 2.24. The Morgan fingerprint density at radius 2 is 2.16 bits per heavy atom. The van der Waals surface area contributed by atoms with Crippen molar-refractivity contribution >= 4 is 23.3 Å². The van der Waals surface area contributed by atoms with E-state index in [9.17, 15) is 4.79 Å². The van der Waals surface area contributed by atoms with Crippen LogP contribution in [0.2, 0.25) is 0 Å². The lowest BCUT2D eigenvalue weighted by atomic mass is 10.2. The minimum absolute atomic E-state index is 0.0915. The molecule has 2 aromatic rings. The normalized spacial score (nSPS) is 12.2. The topological polar surface area (TPSA) is 75.1 Å². The Morgan fingerprint density at radius 3 is 2.68 bits per heavy atom. The van der Waals surface area contributed by atoms with Crippen LogP contribution in [0.4, 0.5) is 5.95 Å². The van der Waals surface area contributed by atoms with E-state index in [1.807, 2.05) is 6.92 Å². The second kappa shape index (κ2) is 5.36. The monoisotopic (exact) mass is 277 g/mol. The van der Waals surface area contributed by atoms with Gasteiger partial charge in [0.15, 0.2) is 0 Å². The van der Waals surface area contributed by atoms with Crippen LogP contribution in [-0.4, -0.2) is 21.0 Å². The minimum atomic E-state index is -1.01. The van der Waals surface area contributed by atoms with Crippen molar-refractivity contribution in [2.45, 2.75) is 26.8 Å². The lowest BCUT2D eigenvalue weighted by Crippen LogP contribution is -2.11. The maximum Gasteiger partial charge on any atom is 0.339 e. The van der Waals surface area contributed by atoms with Crippen molar-refractivity contribution in [3.8, 4) is 0 Å². The fraction of sp³-hybridized carbons (Fsp3) is 0.308. The Bertz CT molecular complexity index is 610. The molecule has 2 heterocycles. The van der Waals surface area contributed by atoms with E-state index in [4.69, 9.17) is 5.11 Å². The average molecular weight is 277 g/mol. The number of nitrogens with zero attached hydrogens (tertiary/aromatic N) is 2. The molecule has 1 unspecified atom stereocenters. The van der Waals surface area contributed by atoms with Gasteiger partial charge in [-0.25, -0.2) is 14.8 Å². The van der Waals surface area contributed by atoms with Gasteiger partial charge in [0.25, 0.3) is 0 Å². The van der Waals surface area contributed by atoms with Gasteiger partial charge in [-0.1, -0.05) is 0 Å². The molecule has 0 aliphatic heterocycles. The Morgan fingerprint density at radius 1 is 1.42 bits per heavy atom. The molecule has 2 rings (SSSR count). The van der Waals surface area contributed by atoms with Crippen LogP contribution >= 0.6 is 11.3 Å². The van der Waals surface area contributed by atoms with Crippen molar-refractivity contribution in [3.63, 3.8) is 0 Å². The number of carboxylic acid groups (broad SMARTS) is 1. The third-order valence-corrected chi connectivity index (χ3v) is 3.93. The molecule has 0 saturated heterocycles. The zero-order chi connectivity index (χ0) is 14.0. The lowest BCUT2D eigenvalue weighted by molar-refractivity contribution is 0.0695. The molecule has 0 aliphatic rings. The molecule has 5 nitrogen and oxygen atoms in total. The molecule has 1 atom stereocenters. The predicted octanol–water partition coefficient (Wildman–Crippen LogP) is 3.03. The van der Waals surface area contributed by atoms with E-state index in [0.29, 0.717) is 11.6 Å². The third kappa shape index (κ3) is 3.08. The number of nitrogens with one attached hydrogen (secondary N) is 1. The number of hydrogen-bond acceptors (Lipinski definition) is 5. The Kier molecular flexibility index (Phi) is 3.80. The van der Waals surface area contributed by atoms with E-state index in [1.54, 1.807) is 18.3 Å². The number of carbonyl (C=O) groups is 1. The first-order chi connectivity index (χ1) is 8.97. The molecule has 0 fully saturated rings. The molecule has 0 saturated carbocycles. The summed E-state index contributed by atoms with van der Waals surface area (Å²) in [6.07, 6.45) is 1.33. The standard InChI is InChI=1S/C13H15N3O2S/c1-7-4-5-11(19-7)9(3)16-13-14-6-10(12(17)18)8(2)15-13/h4-6,9H,1-3H3,(H,17,18)(H,14,15,16). The van der Waals surface area contributed by atoms with Gasteiger partial charge in [-0.3, -0.25) is 0 Å². The summed E-state index contributed by atoms with van der Waals surface area (Å²) in [4.78, 5) is 21.5. The van der Waals surface area contributed by atoms with Gasteiger partial charge < -0.3 is 10.4 Å². The summed E-state index contributed by atoms with van der Waals surface area (Å²) in [6, 6.07) is 4.22. The van der Waals surface area contributed by atoms with Crippen molar-refractivity contribution < 1.29 is 9.90 Å². The summed E-state index contributed by atoms with van der Waals surface area (Å²) in [6.45, 7) is 5.74. The summed E-state index contributed by atoms with van der Waals surface area (Å²) >= 11 is 1.72. The van der Waals surface area contributed by atoms with Crippen LogP contribution in [-0.2, 0) is 0 Å². The Labute approximate surface area is 115 Å². The number of hydrogen-bond donors (Lipinski definition) is 2. The molecule has 0 spiro atoms. The summed E-state index contributed by atoms with van der Waals surface area (Å²) in [7, 11) is 0. The smallest absolute Gasteiger partial charge is 0.339 e. The molecule has 6 heteroatoms. The van der Waals surface area contributed by atoms with Gasteiger partial charge in [0.05, 0.1) is 17.3 Å². The van der Waals surface area contributed by atoms with Crippen LogP contribution in [0.25, 0.3) is 0 Å². The number of aromatic carboxylic acids is 1. The first kappa shape index (κ1) is 13.5. The Balaban J connectivity index is 2.15. The van der Waals surface area contributed by atoms with Gasteiger partial charge in [0.1, 0.15) is 0 Å². The second-order valence-corrected chi connectivity index (χ2v) is 5.63. The lowest BCUT2D eigenvalue weighted by Gasteiger charge is -2.12. The molecule has 0 bridgehead atoms. The number of aryl methyl sites for hydroxylation is 2. The molecule has 0 amide bonds. The highest BCUT2D eigenvalue weighted by Gasteiger charge is 2.12. The van der Waals surface area contributed by atoms with Crippen molar-refractivity contribution in [1.29, 1.82) is 0 Å². The number of thiophene rings is 1. The summed E-state index contributed by atoms with van der Waals surface area (Å²) in [5.41, 5.74) is 0.588. The van der Waals surface area contributed by atoms with Crippen molar-refractivity contribution in [2.75, 3.05) is 5.32 Å². The number of anilines is 1. The predicted molar refractivity (Wildman–Crippen MR) is 74.8 cm³/mol. The van der Waals surface area contributed by atoms with Crippen molar-refractivity contribution in [1.82, 2.24) is 9.97 Å². The highest BCUT2D eigenvalue weighted by molar-refractivity contribution is 7.12. The van der Waals surface area contributed by atoms with Crippen molar-refractivity contribution in [3.05, 3.63) is 39.3 Å². The summed E-state index contributed by atoms with van der Waals surface area (Å²) < 4.78 is 0. The fourth-order valence-corrected chi connectivity index (χ4v) is 2.58. The van der Waals surface area contributed by atoms with Crippen LogP contribution in [0.3, 0.4) is 0 Å². The molecule has 2 aromatic heterocycles. The number of aromatic nitrogens is 2. The zero-order valence-corrected chi connectivity index (χ0v) is 11.8.